The van der Waals surface area contributed by atoms with E-state index in [1.807, 2.05) is 42.5 Å². The van der Waals surface area contributed by atoms with Gasteiger partial charge < -0.3 is 5.32 Å². The molecule has 1 aliphatic rings. The molecule has 6 heteroatoms. The second-order valence-corrected chi connectivity index (χ2v) is 9.28. The van der Waals surface area contributed by atoms with Crippen LogP contribution in [-0.4, -0.2) is 25.5 Å². The van der Waals surface area contributed by atoms with Crippen molar-refractivity contribution < 1.29 is 8.42 Å². The van der Waals surface area contributed by atoms with Gasteiger partial charge in [-0.1, -0.05) is 48.0 Å². The minimum Gasteiger partial charge on any atom is -0.316 e. The molecule has 142 valence electrons. The molecule has 1 N–H and O–H groups in total. The molecule has 1 aromatic heterocycles. The predicted octanol–water partition coefficient (Wildman–Crippen LogP) is 4.37. The van der Waals surface area contributed by atoms with Crippen molar-refractivity contribution >= 4 is 43.3 Å². The van der Waals surface area contributed by atoms with Crippen molar-refractivity contribution in [2.45, 2.75) is 17.7 Å². The number of fused-ring (bicyclic) bond motifs is 4. The smallest absolute Gasteiger partial charge is 0.268 e. The highest BCUT2D eigenvalue weighted by Gasteiger charge is 2.27. The van der Waals surface area contributed by atoms with Crippen LogP contribution in [0.25, 0.3) is 21.7 Å². The number of rotatable bonds is 2. The van der Waals surface area contributed by atoms with E-state index in [9.17, 15) is 8.42 Å². The minimum absolute atomic E-state index is 0.281. The zero-order valence-electron chi connectivity index (χ0n) is 15.2. The Morgan fingerprint density at radius 2 is 1.71 bits per heavy atom. The van der Waals surface area contributed by atoms with Crippen LogP contribution in [-0.2, 0) is 22.9 Å². The van der Waals surface area contributed by atoms with Crippen LogP contribution in [0.1, 0.15) is 11.3 Å². The number of nitrogens with one attached hydrogen (secondary N) is 1. The summed E-state index contributed by atoms with van der Waals surface area (Å²) in [6.45, 7) is 1.63. The molecule has 0 saturated carbocycles. The Bertz CT molecular complexity index is 1330. The van der Waals surface area contributed by atoms with Crippen molar-refractivity contribution in [1.29, 1.82) is 0 Å². The van der Waals surface area contributed by atoms with Gasteiger partial charge in [-0.25, -0.2) is 12.4 Å². The van der Waals surface area contributed by atoms with Gasteiger partial charge in [0.15, 0.2) is 0 Å². The van der Waals surface area contributed by atoms with Crippen LogP contribution in [0.2, 0.25) is 5.02 Å². The van der Waals surface area contributed by atoms with Gasteiger partial charge in [0.2, 0.25) is 0 Å². The molecular formula is C22H19ClN2O2S. The first kappa shape index (κ1) is 17.7. The Morgan fingerprint density at radius 1 is 0.893 bits per heavy atom. The van der Waals surface area contributed by atoms with E-state index in [-0.39, 0.29) is 4.90 Å². The number of para-hydroxylation sites is 1. The fraction of sp³-hybridized carbons (Fsp3) is 0.182. The van der Waals surface area contributed by atoms with Gasteiger partial charge >= 0.3 is 0 Å². The highest BCUT2D eigenvalue weighted by Crippen LogP contribution is 2.33. The van der Waals surface area contributed by atoms with Crippen LogP contribution < -0.4 is 5.32 Å². The number of hydrogen-bond donors (Lipinski definition) is 1. The van der Waals surface area contributed by atoms with Crippen molar-refractivity contribution in [3.63, 3.8) is 0 Å². The molecule has 0 unspecified atom stereocenters. The first-order valence-corrected chi connectivity index (χ1v) is 11.1. The predicted molar refractivity (Wildman–Crippen MR) is 114 cm³/mol. The van der Waals surface area contributed by atoms with E-state index in [1.54, 1.807) is 22.2 Å². The molecule has 2 heterocycles. The van der Waals surface area contributed by atoms with E-state index in [4.69, 9.17) is 11.6 Å². The van der Waals surface area contributed by atoms with Gasteiger partial charge in [0, 0.05) is 34.5 Å². The van der Waals surface area contributed by atoms with Crippen molar-refractivity contribution in [2.24, 2.45) is 0 Å². The first-order chi connectivity index (χ1) is 13.6. The summed E-state index contributed by atoms with van der Waals surface area (Å²) >= 11 is 6.25. The lowest BCUT2D eigenvalue weighted by molar-refractivity contribution is 0.586. The Balaban J connectivity index is 1.79. The van der Waals surface area contributed by atoms with E-state index in [1.165, 1.54) is 0 Å². The van der Waals surface area contributed by atoms with Crippen LogP contribution in [0.5, 0.6) is 0 Å². The second kappa shape index (κ2) is 6.62. The summed E-state index contributed by atoms with van der Waals surface area (Å²) in [5.41, 5.74) is 2.77. The molecule has 4 aromatic rings. The third kappa shape index (κ3) is 2.65. The van der Waals surface area contributed by atoms with Gasteiger partial charge in [-0.3, -0.25) is 0 Å². The third-order valence-corrected chi connectivity index (χ3v) is 7.55. The number of halogens is 1. The van der Waals surface area contributed by atoms with Gasteiger partial charge in [0.25, 0.3) is 10.0 Å². The van der Waals surface area contributed by atoms with Gasteiger partial charge in [0.05, 0.1) is 10.4 Å². The summed E-state index contributed by atoms with van der Waals surface area (Å²) in [4.78, 5) is 0.281. The van der Waals surface area contributed by atoms with Crippen molar-refractivity contribution in [1.82, 2.24) is 9.29 Å². The minimum atomic E-state index is -3.74. The number of aromatic nitrogens is 1. The van der Waals surface area contributed by atoms with Crippen molar-refractivity contribution in [3.05, 3.63) is 76.9 Å². The summed E-state index contributed by atoms with van der Waals surface area (Å²) in [5.74, 6) is 0. The maximum atomic E-state index is 13.7. The second-order valence-electron chi connectivity index (χ2n) is 7.08. The summed E-state index contributed by atoms with van der Waals surface area (Å²) in [6.07, 6.45) is 1.51. The standard InChI is InChI=1S/C22H19ClN2O2S/c23-20-6-3-4-15-14-16(8-9-17(15)20)28(26,27)25-21-7-2-1-5-18(21)19-10-12-24-13-11-22(19)25/h1-9,14,24H,10-13H2. The maximum absolute atomic E-state index is 13.7. The van der Waals surface area contributed by atoms with Crippen molar-refractivity contribution in [2.75, 3.05) is 13.1 Å². The van der Waals surface area contributed by atoms with Gasteiger partial charge in [-0.15, -0.1) is 0 Å². The van der Waals surface area contributed by atoms with Crippen LogP contribution in [0.4, 0.5) is 0 Å². The summed E-state index contributed by atoms with van der Waals surface area (Å²) in [7, 11) is -3.74. The van der Waals surface area contributed by atoms with Crippen molar-refractivity contribution in [3.8, 4) is 0 Å². The molecule has 0 saturated heterocycles. The number of nitrogens with zero attached hydrogens (tertiary/aromatic N) is 1. The van der Waals surface area contributed by atoms with Crippen LogP contribution in [0, 0.1) is 0 Å². The molecule has 0 bridgehead atoms. The van der Waals surface area contributed by atoms with Gasteiger partial charge in [-0.05, 0) is 48.2 Å². The van der Waals surface area contributed by atoms with E-state index >= 15 is 0 Å². The fourth-order valence-electron chi connectivity index (χ4n) is 4.17. The van der Waals surface area contributed by atoms with Crippen LogP contribution in [0.15, 0.2) is 65.6 Å². The summed E-state index contributed by atoms with van der Waals surface area (Å²) in [5, 5.41) is 6.68. The SMILES string of the molecule is O=S(=O)(c1ccc2c(Cl)cccc2c1)n1c2c(c3ccccc31)CCNCC2. The number of hydrogen-bond acceptors (Lipinski definition) is 3. The average molecular weight is 411 g/mol. The first-order valence-electron chi connectivity index (χ1n) is 9.33. The summed E-state index contributed by atoms with van der Waals surface area (Å²) < 4.78 is 29.0. The molecule has 5 rings (SSSR count). The summed E-state index contributed by atoms with van der Waals surface area (Å²) in [6, 6.07) is 18.5. The Kier molecular flexibility index (Phi) is 4.19. The molecule has 0 amide bonds. The number of benzene rings is 3. The van der Waals surface area contributed by atoms with Crippen LogP contribution >= 0.6 is 11.6 Å². The van der Waals surface area contributed by atoms with E-state index in [0.29, 0.717) is 11.4 Å². The normalized spacial score (nSPS) is 14.9. The Hall–Kier alpha value is -2.34. The molecule has 0 radical (unpaired) electrons. The van der Waals surface area contributed by atoms with E-state index in [0.717, 1.165) is 52.4 Å². The highest BCUT2D eigenvalue weighted by atomic mass is 35.5. The van der Waals surface area contributed by atoms with E-state index < -0.39 is 10.0 Å². The molecular weight excluding hydrogens is 392 g/mol. The quantitative estimate of drug-likeness (QED) is 0.533. The molecule has 4 nitrogen and oxygen atoms in total. The fourth-order valence-corrected chi connectivity index (χ4v) is 6.05. The molecule has 0 atom stereocenters. The van der Waals surface area contributed by atoms with Gasteiger partial charge in [-0.2, -0.15) is 0 Å². The zero-order valence-corrected chi connectivity index (χ0v) is 16.7. The molecule has 1 aliphatic heterocycles. The van der Waals surface area contributed by atoms with Crippen LogP contribution in [0.3, 0.4) is 0 Å². The molecule has 0 fully saturated rings. The maximum Gasteiger partial charge on any atom is 0.268 e. The topological polar surface area (TPSA) is 51.1 Å². The average Bonchev–Trinajstić information content (AvgIpc) is 2.84. The molecule has 0 spiro atoms. The lowest BCUT2D eigenvalue weighted by Gasteiger charge is -2.13. The lowest BCUT2D eigenvalue weighted by atomic mass is 10.1. The largest absolute Gasteiger partial charge is 0.316 e. The third-order valence-electron chi connectivity index (χ3n) is 5.47. The Morgan fingerprint density at radius 3 is 2.61 bits per heavy atom. The van der Waals surface area contributed by atoms with Gasteiger partial charge in [0.1, 0.15) is 0 Å². The monoisotopic (exact) mass is 410 g/mol. The highest BCUT2D eigenvalue weighted by molar-refractivity contribution is 7.90. The molecule has 0 aliphatic carbocycles. The molecule has 3 aromatic carbocycles. The molecule has 28 heavy (non-hydrogen) atoms. The lowest BCUT2D eigenvalue weighted by Crippen LogP contribution is -2.19. The Labute approximate surface area is 168 Å². The van der Waals surface area contributed by atoms with E-state index in [2.05, 4.69) is 5.32 Å². The zero-order chi connectivity index (χ0) is 19.3.